The molecule has 0 bridgehead atoms. The van der Waals surface area contributed by atoms with Crippen LogP contribution in [0.2, 0.25) is 0 Å². The van der Waals surface area contributed by atoms with Crippen molar-refractivity contribution < 1.29 is 10.0 Å². The Morgan fingerprint density at radius 2 is 2.11 bits per heavy atom. The summed E-state index contributed by atoms with van der Waals surface area (Å²) in [6.07, 6.45) is 1.41. The maximum atomic E-state index is 12.0. The number of hydrogen-bond donors (Lipinski definition) is 3. The van der Waals surface area contributed by atoms with Crippen molar-refractivity contribution in [1.29, 1.82) is 0 Å². The number of nitrogens with two attached hydrogens (primary N) is 1. The lowest BCUT2D eigenvalue weighted by atomic mass is 10.2. The molecule has 0 aliphatic rings. The number of benzene rings is 1. The highest BCUT2D eigenvalue weighted by molar-refractivity contribution is 6.09. The Morgan fingerprint density at radius 3 is 2.74 bits per heavy atom. The molecule has 1 aromatic carbocycles. The summed E-state index contributed by atoms with van der Waals surface area (Å²) in [5, 5.41) is 18.2. The third-order valence-electron chi connectivity index (χ3n) is 2.59. The molecule has 0 radical (unpaired) electrons. The number of nitrogens with one attached hydrogen (secondary N) is 1. The molecule has 7 nitrogen and oxygen atoms in total. The van der Waals surface area contributed by atoms with Gasteiger partial charge in [0.1, 0.15) is 5.82 Å². The van der Waals surface area contributed by atoms with Crippen LogP contribution in [0.5, 0.6) is 0 Å². The first-order valence-corrected chi connectivity index (χ1v) is 5.49. The van der Waals surface area contributed by atoms with Gasteiger partial charge in [0.15, 0.2) is 5.84 Å². The smallest absolute Gasteiger partial charge is 0.256 e. The molecule has 0 aliphatic carbocycles. The summed E-state index contributed by atoms with van der Waals surface area (Å²) >= 11 is 0. The maximum Gasteiger partial charge on any atom is 0.256 e. The van der Waals surface area contributed by atoms with E-state index in [1.165, 1.54) is 10.9 Å². The lowest BCUT2D eigenvalue weighted by Crippen LogP contribution is -2.19. The van der Waals surface area contributed by atoms with Crippen LogP contribution in [-0.4, -0.2) is 26.7 Å². The van der Waals surface area contributed by atoms with Gasteiger partial charge in [-0.05, 0) is 12.1 Å². The summed E-state index contributed by atoms with van der Waals surface area (Å²) in [7, 11) is 1.65. The second kappa shape index (κ2) is 5.21. The second-order valence-electron chi connectivity index (χ2n) is 3.84. The Labute approximate surface area is 109 Å². The lowest BCUT2D eigenvalue weighted by molar-refractivity contribution is 0.102. The van der Waals surface area contributed by atoms with Gasteiger partial charge in [0.05, 0.1) is 11.8 Å². The summed E-state index contributed by atoms with van der Waals surface area (Å²) in [4.78, 5) is 12.0. The number of anilines is 1. The van der Waals surface area contributed by atoms with Gasteiger partial charge in [0, 0.05) is 12.6 Å². The van der Waals surface area contributed by atoms with Crippen molar-refractivity contribution in [2.45, 2.75) is 0 Å². The van der Waals surface area contributed by atoms with Crippen LogP contribution in [0, 0.1) is 0 Å². The molecule has 0 unspecified atom stereocenters. The van der Waals surface area contributed by atoms with E-state index < -0.39 is 0 Å². The zero-order chi connectivity index (χ0) is 13.8. The van der Waals surface area contributed by atoms with E-state index in [0.29, 0.717) is 16.9 Å². The summed E-state index contributed by atoms with van der Waals surface area (Å²) in [6, 6.07) is 8.73. The molecule has 1 aromatic heterocycles. The molecular weight excluding hydrogens is 246 g/mol. The van der Waals surface area contributed by atoms with Gasteiger partial charge in [-0.2, -0.15) is 5.10 Å². The number of carbonyl (C=O) groups is 1. The predicted octanol–water partition coefficient (Wildman–Crippen LogP) is 0.767. The van der Waals surface area contributed by atoms with Crippen LogP contribution < -0.4 is 11.1 Å². The van der Waals surface area contributed by atoms with Crippen LogP contribution >= 0.6 is 0 Å². The van der Waals surface area contributed by atoms with E-state index >= 15 is 0 Å². The van der Waals surface area contributed by atoms with E-state index in [1.54, 1.807) is 31.3 Å². The second-order valence-corrected chi connectivity index (χ2v) is 3.84. The first-order chi connectivity index (χ1) is 9.13. The predicted molar refractivity (Wildman–Crippen MR) is 70.1 cm³/mol. The van der Waals surface area contributed by atoms with Crippen LogP contribution in [0.25, 0.3) is 0 Å². The van der Waals surface area contributed by atoms with Gasteiger partial charge in [0.2, 0.25) is 0 Å². The number of nitrogens with zero attached hydrogens (tertiary/aromatic N) is 3. The number of hydrogen-bond acceptors (Lipinski definition) is 4. The molecule has 2 rings (SSSR count). The molecule has 0 saturated carbocycles. The fraction of sp³-hybridized carbons (Fsp3) is 0.0833. The Hall–Kier alpha value is -2.83. The normalized spacial score (nSPS) is 11.3. The fourth-order valence-corrected chi connectivity index (χ4v) is 1.60. The number of rotatable bonds is 3. The number of aromatic nitrogens is 2. The van der Waals surface area contributed by atoms with Gasteiger partial charge in [-0.25, -0.2) is 0 Å². The van der Waals surface area contributed by atoms with Gasteiger partial charge in [-0.15, -0.1) is 0 Å². The van der Waals surface area contributed by atoms with Crippen molar-refractivity contribution in [2.24, 2.45) is 17.9 Å². The van der Waals surface area contributed by atoms with Crippen LogP contribution in [0.3, 0.4) is 0 Å². The molecular formula is C12H13N5O2. The van der Waals surface area contributed by atoms with Crippen LogP contribution in [0.1, 0.15) is 15.9 Å². The Kier molecular flexibility index (Phi) is 3.46. The molecule has 0 fully saturated rings. The largest absolute Gasteiger partial charge is 0.409 e. The number of carbonyl (C=O) groups excluding carboxylic acids is 1. The van der Waals surface area contributed by atoms with Crippen LogP contribution in [0.15, 0.2) is 41.7 Å². The molecule has 2 aromatic rings. The van der Waals surface area contributed by atoms with Gasteiger partial charge in [-0.1, -0.05) is 23.4 Å². The molecule has 4 N–H and O–H groups in total. The molecule has 0 aliphatic heterocycles. The highest BCUT2D eigenvalue weighted by Crippen LogP contribution is 2.15. The molecule has 0 atom stereocenters. The standard InChI is InChI=1S/C12H13N5O2/c1-17-11(9(7-14-17)10(13)16-19)15-12(18)8-5-3-2-4-6-8/h2-7,19H,1H3,(H2,13,16)(H,15,18). The third-order valence-corrected chi connectivity index (χ3v) is 2.59. The SMILES string of the molecule is Cn1ncc(C(N)=NO)c1NC(=O)c1ccccc1. The van der Waals surface area contributed by atoms with Crippen LogP contribution in [-0.2, 0) is 7.05 Å². The Morgan fingerprint density at radius 1 is 1.42 bits per heavy atom. The first-order valence-electron chi connectivity index (χ1n) is 5.49. The van der Waals surface area contributed by atoms with Crippen molar-refractivity contribution in [1.82, 2.24) is 9.78 Å². The van der Waals surface area contributed by atoms with E-state index in [0.717, 1.165) is 0 Å². The fourth-order valence-electron chi connectivity index (χ4n) is 1.60. The average Bonchev–Trinajstić information content (AvgIpc) is 2.80. The number of amidine groups is 1. The van der Waals surface area contributed by atoms with Crippen LogP contribution in [0.4, 0.5) is 5.82 Å². The Balaban J connectivity index is 2.29. The molecule has 0 saturated heterocycles. The molecule has 19 heavy (non-hydrogen) atoms. The minimum Gasteiger partial charge on any atom is -0.409 e. The highest BCUT2D eigenvalue weighted by atomic mass is 16.4. The highest BCUT2D eigenvalue weighted by Gasteiger charge is 2.15. The van der Waals surface area contributed by atoms with Gasteiger partial charge in [0.25, 0.3) is 5.91 Å². The van der Waals surface area contributed by atoms with Gasteiger partial charge < -0.3 is 16.3 Å². The topological polar surface area (TPSA) is 106 Å². The first kappa shape index (κ1) is 12.6. The van der Waals surface area contributed by atoms with Crippen molar-refractivity contribution in [3.63, 3.8) is 0 Å². The molecule has 1 heterocycles. The van der Waals surface area contributed by atoms with Crippen molar-refractivity contribution >= 4 is 17.6 Å². The van der Waals surface area contributed by atoms with E-state index in [4.69, 9.17) is 10.9 Å². The zero-order valence-electron chi connectivity index (χ0n) is 10.2. The Bertz CT molecular complexity index is 618. The summed E-state index contributed by atoms with van der Waals surface area (Å²) in [5.74, 6) is -0.0446. The third kappa shape index (κ3) is 2.54. The quantitative estimate of drug-likeness (QED) is 0.327. The van der Waals surface area contributed by atoms with Gasteiger partial charge >= 0.3 is 0 Å². The maximum absolute atomic E-state index is 12.0. The molecule has 0 spiro atoms. The number of oxime groups is 1. The average molecular weight is 259 g/mol. The summed E-state index contributed by atoms with van der Waals surface area (Å²) in [5.41, 5.74) is 6.38. The summed E-state index contributed by atoms with van der Waals surface area (Å²) in [6.45, 7) is 0. The van der Waals surface area contributed by atoms with E-state index in [2.05, 4.69) is 15.6 Å². The number of amides is 1. The minimum absolute atomic E-state index is 0.114. The summed E-state index contributed by atoms with van der Waals surface area (Å²) < 4.78 is 1.44. The van der Waals surface area contributed by atoms with E-state index in [-0.39, 0.29) is 11.7 Å². The molecule has 1 amide bonds. The van der Waals surface area contributed by atoms with Crippen molar-refractivity contribution in [3.8, 4) is 0 Å². The van der Waals surface area contributed by atoms with E-state index in [1.807, 2.05) is 6.07 Å². The van der Waals surface area contributed by atoms with Crippen molar-refractivity contribution in [2.75, 3.05) is 5.32 Å². The lowest BCUT2D eigenvalue weighted by Gasteiger charge is -2.07. The monoisotopic (exact) mass is 259 g/mol. The molecule has 7 heteroatoms. The van der Waals surface area contributed by atoms with Crippen molar-refractivity contribution in [3.05, 3.63) is 47.7 Å². The molecule has 98 valence electrons. The minimum atomic E-state index is -0.295. The zero-order valence-corrected chi connectivity index (χ0v) is 10.2. The van der Waals surface area contributed by atoms with E-state index in [9.17, 15) is 4.79 Å². The van der Waals surface area contributed by atoms with Gasteiger partial charge in [-0.3, -0.25) is 9.48 Å². The number of aryl methyl sites for hydroxylation is 1.